The Balaban J connectivity index is 0.000000831. The Hall–Kier alpha value is -6.06. The van der Waals surface area contributed by atoms with E-state index < -0.39 is 7.32 Å². The van der Waals surface area contributed by atoms with Crippen molar-refractivity contribution < 1.29 is 32.1 Å². The third-order valence-corrected chi connectivity index (χ3v) is 9.00. The van der Waals surface area contributed by atoms with Crippen molar-refractivity contribution in [1.82, 2.24) is 19.9 Å². The smallest absolute Gasteiger partial charge is 0.402 e. The molecule has 53 heavy (non-hydrogen) atoms. The Morgan fingerprint density at radius 3 is 0.755 bits per heavy atom. The van der Waals surface area contributed by atoms with Gasteiger partial charge in [-0.2, -0.15) is 0 Å². The number of H-pyrrole nitrogens is 2. The van der Waals surface area contributed by atoms with Crippen LogP contribution >= 0.6 is 0 Å². The van der Waals surface area contributed by atoms with Crippen molar-refractivity contribution in [2.75, 3.05) is 0 Å². The molecule has 8 bridgehead atoms. The molecule has 7 aromatic rings. The molecule has 0 atom stereocenters. The SMILES string of the molecule is C1=Cc2nc1c(-c1ccccc1)c1ccc([nH]1)c(-c1ccccc1)c1nc(c(-c3ccccc3)c3ccc([nH]3)c2-c2ccccc2)C=C1.OB(O)O.[Mn]. The van der Waals surface area contributed by atoms with E-state index in [4.69, 9.17) is 25.0 Å². The quantitative estimate of drug-likeness (QED) is 0.116. The fourth-order valence-electron chi connectivity index (χ4n) is 6.84. The number of aromatic nitrogens is 4. The van der Waals surface area contributed by atoms with Gasteiger partial charge in [-0.15, -0.1) is 0 Å². The summed E-state index contributed by atoms with van der Waals surface area (Å²) in [6.07, 6.45) is 8.54. The van der Waals surface area contributed by atoms with E-state index in [1.54, 1.807) is 0 Å². The van der Waals surface area contributed by atoms with Gasteiger partial charge in [0.05, 0.1) is 22.8 Å². The Kier molecular flexibility index (Phi) is 10.5. The minimum atomic E-state index is -2.17. The molecule has 0 spiro atoms. The molecule has 2 aliphatic heterocycles. The van der Waals surface area contributed by atoms with Gasteiger partial charge in [0.2, 0.25) is 0 Å². The zero-order valence-corrected chi connectivity index (χ0v) is 29.5. The van der Waals surface area contributed by atoms with Crippen molar-refractivity contribution >= 4 is 53.7 Å². The van der Waals surface area contributed by atoms with E-state index in [2.05, 4.69) is 156 Å². The van der Waals surface area contributed by atoms with E-state index in [0.717, 1.165) is 89.4 Å². The van der Waals surface area contributed by atoms with Crippen LogP contribution in [0.25, 0.3) is 90.9 Å². The molecule has 9 heteroatoms. The van der Waals surface area contributed by atoms with Crippen LogP contribution in [0.3, 0.4) is 0 Å². The summed E-state index contributed by atoms with van der Waals surface area (Å²) in [6.45, 7) is 0. The first kappa shape index (κ1) is 35.4. The summed E-state index contributed by atoms with van der Waals surface area (Å²) in [6, 6.07) is 50.7. The van der Waals surface area contributed by atoms with Crippen molar-refractivity contribution in [2.45, 2.75) is 0 Å². The number of fused-ring (bicyclic) bond motifs is 8. The second-order valence-corrected chi connectivity index (χ2v) is 12.3. The van der Waals surface area contributed by atoms with Crippen molar-refractivity contribution in [3.05, 3.63) is 168 Å². The number of rotatable bonds is 4. The van der Waals surface area contributed by atoms with Gasteiger partial charge in [-0.25, -0.2) is 9.97 Å². The van der Waals surface area contributed by atoms with Gasteiger partial charge in [-0.3, -0.25) is 0 Å². The van der Waals surface area contributed by atoms with Gasteiger partial charge >= 0.3 is 7.32 Å². The molecule has 257 valence electrons. The van der Waals surface area contributed by atoms with Gasteiger partial charge in [0.1, 0.15) is 0 Å². The number of nitrogens with one attached hydrogen (secondary N) is 2. The molecule has 9 rings (SSSR count). The molecule has 2 aliphatic rings. The van der Waals surface area contributed by atoms with Crippen molar-refractivity contribution in [2.24, 2.45) is 0 Å². The Labute approximate surface area is 317 Å². The topological polar surface area (TPSA) is 118 Å². The maximum absolute atomic E-state index is 7.17. The number of nitrogens with zero attached hydrogens (tertiary/aromatic N) is 2. The summed E-state index contributed by atoms with van der Waals surface area (Å²) < 4.78 is 0. The average molecular weight is 732 g/mol. The van der Waals surface area contributed by atoms with Gasteiger partial charge in [-0.1, -0.05) is 121 Å². The fraction of sp³-hybridized carbons (Fsp3) is 0. The summed E-state index contributed by atoms with van der Waals surface area (Å²) in [5.41, 5.74) is 16.2. The maximum Gasteiger partial charge on any atom is 0.631 e. The molecular weight excluding hydrogens is 698 g/mol. The van der Waals surface area contributed by atoms with Crippen molar-refractivity contribution in [1.29, 1.82) is 0 Å². The van der Waals surface area contributed by atoms with Gasteiger partial charge in [0.15, 0.2) is 0 Å². The minimum Gasteiger partial charge on any atom is -0.402 e. The summed E-state index contributed by atoms with van der Waals surface area (Å²) >= 11 is 0. The molecular formula is C44H33BMnN4O3. The fourth-order valence-corrected chi connectivity index (χ4v) is 6.84. The summed E-state index contributed by atoms with van der Waals surface area (Å²) in [4.78, 5) is 18.3. The third-order valence-electron chi connectivity index (χ3n) is 9.00. The standard InChI is InChI=1S/C44H30N4.BH3O3.Mn/c1-5-13-29(14-6-1)41-33-21-23-35(45-33)42(30-15-7-2-8-16-30)37-25-27-39(47-37)44(32-19-11-4-12-20-32)40-28-26-38(48-40)43(31-17-9-3-10-18-31)36-24-22-34(41)46-36;2-1(3)4;/h1-28,45,48H;2-4H;. The van der Waals surface area contributed by atoms with Gasteiger partial charge in [0.25, 0.3) is 0 Å². The first-order valence-corrected chi connectivity index (χ1v) is 17.0. The molecule has 1 radical (unpaired) electrons. The second-order valence-electron chi connectivity index (χ2n) is 12.3. The molecule has 3 aromatic heterocycles. The Bertz CT molecular complexity index is 2250. The third kappa shape index (κ3) is 7.34. The largest absolute Gasteiger partial charge is 0.631 e. The zero-order chi connectivity index (χ0) is 35.4. The van der Waals surface area contributed by atoms with Crippen LogP contribution in [0.5, 0.6) is 0 Å². The van der Waals surface area contributed by atoms with Crippen LogP contribution in [0.4, 0.5) is 0 Å². The van der Waals surface area contributed by atoms with Gasteiger partial charge in [0, 0.05) is 61.4 Å². The van der Waals surface area contributed by atoms with Crippen molar-refractivity contribution in [3.63, 3.8) is 0 Å². The molecule has 4 aromatic carbocycles. The molecule has 0 unspecified atom stereocenters. The number of benzene rings is 4. The normalized spacial score (nSPS) is 11.4. The van der Waals surface area contributed by atoms with E-state index >= 15 is 0 Å². The predicted octanol–water partition coefficient (Wildman–Crippen LogP) is 9.27. The second kappa shape index (κ2) is 15.7. The number of hydrogen-bond donors (Lipinski definition) is 5. The Morgan fingerprint density at radius 1 is 0.340 bits per heavy atom. The minimum absolute atomic E-state index is 0. The van der Waals surface area contributed by atoms with Crippen LogP contribution < -0.4 is 0 Å². The predicted molar refractivity (Wildman–Crippen MR) is 213 cm³/mol. The van der Waals surface area contributed by atoms with Crippen LogP contribution in [-0.2, 0) is 17.1 Å². The van der Waals surface area contributed by atoms with E-state index in [9.17, 15) is 0 Å². The summed E-state index contributed by atoms with van der Waals surface area (Å²) in [5.74, 6) is 0. The molecule has 7 nitrogen and oxygen atoms in total. The molecule has 5 N–H and O–H groups in total. The zero-order valence-electron chi connectivity index (χ0n) is 28.4. The molecule has 0 fully saturated rings. The van der Waals surface area contributed by atoms with Crippen molar-refractivity contribution in [3.8, 4) is 44.5 Å². The molecule has 0 aliphatic carbocycles. The maximum atomic E-state index is 7.17. The first-order chi connectivity index (χ1) is 25.5. The van der Waals surface area contributed by atoms with E-state index in [-0.39, 0.29) is 17.1 Å². The van der Waals surface area contributed by atoms with Gasteiger partial charge in [-0.05, 0) is 70.8 Å². The van der Waals surface area contributed by atoms with Crippen LogP contribution in [0.1, 0.15) is 22.8 Å². The monoisotopic (exact) mass is 731 g/mol. The molecule has 5 heterocycles. The van der Waals surface area contributed by atoms with Crippen LogP contribution in [0, 0.1) is 0 Å². The van der Waals surface area contributed by atoms with Crippen LogP contribution in [-0.4, -0.2) is 42.3 Å². The van der Waals surface area contributed by atoms with E-state index in [1.165, 1.54) is 0 Å². The van der Waals surface area contributed by atoms with Crippen LogP contribution in [0.15, 0.2) is 146 Å². The summed E-state index contributed by atoms with van der Waals surface area (Å²) in [5, 5.41) is 21.5. The average Bonchev–Trinajstić information content (AvgIpc) is 4.01. The first-order valence-electron chi connectivity index (χ1n) is 17.0. The Morgan fingerprint density at radius 2 is 0.547 bits per heavy atom. The number of aromatic amines is 2. The van der Waals surface area contributed by atoms with Crippen LogP contribution in [0.2, 0.25) is 0 Å². The van der Waals surface area contributed by atoms with E-state index in [1.807, 2.05) is 24.3 Å². The molecule has 0 amide bonds. The molecule has 0 saturated carbocycles. The van der Waals surface area contributed by atoms with E-state index in [0.29, 0.717) is 0 Å². The number of hydrogen-bond acceptors (Lipinski definition) is 5. The van der Waals surface area contributed by atoms with Gasteiger partial charge < -0.3 is 25.0 Å². The molecule has 0 saturated heterocycles. The summed E-state index contributed by atoms with van der Waals surface area (Å²) in [7, 11) is -2.17.